The number of imidazole rings is 1. The van der Waals surface area contributed by atoms with Gasteiger partial charge in [-0.15, -0.1) is 5.10 Å². The quantitative estimate of drug-likeness (QED) is 0.839. The molecule has 1 fully saturated rings. The fourth-order valence-electron chi connectivity index (χ4n) is 2.54. The summed E-state index contributed by atoms with van der Waals surface area (Å²) in [5.74, 6) is -1.04. The van der Waals surface area contributed by atoms with Crippen LogP contribution in [0.5, 0.6) is 0 Å². The molecule has 0 spiro atoms. The predicted octanol–water partition coefficient (Wildman–Crippen LogP) is 0.640. The Bertz CT molecular complexity index is 628. The summed E-state index contributed by atoms with van der Waals surface area (Å²) in [6.07, 6.45) is 6.35. The number of hydrogen-bond donors (Lipinski definition) is 1. The zero-order chi connectivity index (χ0) is 14.8. The van der Waals surface area contributed by atoms with Crippen LogP contribution in [0.2, 0.25) is 0 Å². The lowest BCUT2D eigenvalue weighted by atomic mass is 10.1. The zero-order valence-corrected chi connectivity index (χ0v) is 11.9. The van der Waals surface area contributed by atoms with Gasteiger partial charge in [0.15, 0.2) is 5.69 Å². The van der Waals surface area contributed by atoms with Crippen molar-refractivity contribution in [2.24, 2.45) is 0 Å². The lowest BCUT2D eigenvalue weighted by Crippen LogP contribution is -2.47. The molecule has 0 aromatic carbocycles. The van der Waals surface area contributed by atoms with Crippen LogP contribution in [-0.4, -0.2) is 53.6 Å². The standard InChI is InChI=1S/C13H18N6O2/c1-2-3-18-9-14-4-10(18)5-17-6-11(7-17)19-8-12(13(20)21)15-16-19/h4,8-9,11H,2-3,5-7H2,1H3,(H,20,21). The molecule has 0 unspecified atom stereocenters. The number of carboxylic acids is 1. The number of rotatable bonds is 6. The summed E-state index contributed by atoms with van der Waals surface area (Å²) in [5, 5.41) is 16.4. The van der Waals surface area contributed by atoms with E-state index in [0.717, 1.165) is 32.6 Å². The molecule has 3 rings (SSSR count). The first-order valence-electron chi connectivity index (χ1n) is 7.04. The lowest BCUT2D eigenvalue weighted by molar-refractivity contribution is 0.0690. The second kappa shape index (κ2) is 5.65. The lowest BCUT2D eigenvalue weighted by Gasteiger charge is -2.38. The van der Waals surface area contributed by atoms with Crippen LogP contribution in [0.25, 0.3) is 0 Å². The van der Waals surface area contributed by atoms with Crippen molar-refractivity contribution in [3.63, 3.8) is 0 Å². The van der Waals surface area contributed by atoms with E-state index >= 15 is 0 Å². The van der Waals surface area contributed by atoms with Gasteiger partial charge in [-0.3, -0.25) is 4.90 Å². The first kappa shape index (κ1) is 13.7. The molecular formula is C13H18N6O2. The molecule has 1 aliphatic heterocycles. The van der Waals surface area contributed by atoms with E-state index in [0.29, 0.717) is 0 Å². The van der Waals surface area contributed by atoms with Crippen LogP contribution in [0.1, 0.15) is 35.6 Å². The fraction of sp³-hybridized carbons (Fsp3) is 0.538. The highest BCUT2D eigenvalue weighted by Crippen LogP contribution is 2.22. The molecule has 0 bridgehead atoms. The van der Waals surface area contributed by atoms with E-state index in [1.54, 1.807) is 4.68 Å². The molecule has 1 aliphatic rings. The Hall–Kier alpha value is -2.22. The van der Waals surface area contributed by atoms with Gasteiger partial charge in [0.1, 0.15) is 0 Å². The molecule has 0 saturated carbocycles. The molecule has 0 amide bonds. The second-order valence-corrected chi connectivity index (χ2v) is 5.32. The largest absolute Gasteiger partial charge is 0.476 e. The van der Waals surface area contributed by atoms with Gasteiger partial charge in [-0.25, -0.2) is 14.5 Å². The van der Waals surface area contributed by atoms with E-state index in [1.807, 2.05) is 12.5 Å². The maximum atomic E-state index is 10.8. The molecule has 1 N–H and O–H groups in total. The SMILES string of the molecule is CCCn1cncc1CN1CC(n2cc(C(=O)O)nn2)C1. The van der Waals surface area contributed by atoms with Crippen molar-refractivity contribution in [2.45, 2.75) is 32.5 Å². The maximum absolute atomic E-state index is 10.8. The third kappa shape index (κ3) is 2.80. The molecule has 3 heterocycles. The van der Waals surface area contributed by atoms with E-state index in [4.69, 9.17) is 5.11 Å². The molecular weight excluding hydrogens is 272 g/mol. The number of hydrogen-bond acceptors (Lipinski definition) is 5. The summed E-state index contributed by atoms with van der Waals surface area (Å²) in [6, 6.07) is 0.202. The predicted molar refractivity (Wildman–Crippen MR) is 73.8 cm³/mol. The molecule has 21 heavy (non-hydrogen) atoms. The molecule has 8 nitrogen and oxygen atoms in total. The number of nitrogens with zero attached hydrogens (tertiary/aromatic N) is 6. The summed E-state index contributed by atoms with van der Waals surface area (Å²) >= 11 is 0. The number of likely N-dealkylation sites (tertiary alicyclic amines) is 1. The molecule has 8 heteroatoms. The molecule has 2 aromatic rings. The van der Waals surface area contributed by atoms with Crippen LogP contribution >= 0.6 is 0 Å². The summed E-state index contributed by atoms with van der Waals surface area (Å²) in [4.78, 5) is 17.3. The van der Waals surface area contributed by atoms with Crippen molar-refractivity contribution in [2.75, 3.05) is 13.1 Å². The van der Waals surface area contributed by atoms with Gasteiger partial charge < -0.3 is 9.67 Å². The number of carboxylic acid groups (broad SMARTS) is 1. The summed E-state index contributed by atoms with van der Waals surface area (Å²) in [7, 11) is 0. The minimum atomic E-state index is -1.04. The number of carbonyl (C=O) groups is 1. The normalized spacial score (nSPS) is 16.0. The fourth-order valence-corrected chi connectivity index (χ4v) is 2.54. The Kier molecular flexibility index (Phi) is 3.70. The van der Waals surface area contributed by atoms with E-state index in [1.165, 1.54) is 11.9 Å². The molecule has 2 aromatic heterocycles. The van der Waals surface area contributed by atoms with Crippen molar-refractivity contribution in [1.29, 1.82) is 0 Å². The van der Waals surface area contributed by atoms with Crippen molar-refractivity contribution < 1.29 is 9.90 Å². The monoisotopic (exact) mass is 290 g/mol. The molecule has 0 atom stereocenters. The number of aromatic carboxylic acids is 1. The molecule has 0 aliphatic carbocycles. The topological polar surface area (TPSA) is 89.1 Å². The van der Waals surface area contributed by atoms with E-state index in [-0.39, 0.29) is 11.7 Å². The summed E-state index contributed by atoms with van der Waals surface area (Å²) in [5.41, 5.74) is 1.20. The Balaban J connectivity index is 1.55. The van der Waals surface area contributed by atoms with Crippen molar-refractivity contribution >= 4 is 5.97 Å². The Morgan fingerprint density at radius 3 is 2.95 bits per heavy atom. The minimum Gasteiger partial charge on any atom is -0.476 e. The summed E-state index contributed by atoms with van der Waals surface area (Å²) in [6.45, 7) is 5.68. The molecule has 112 valence electrons. The third-order valence-electron chi connectivity index (χ3n) is 3.69. The Morgan fingerprint density at radius 1 is 1.48 bits per heavy atom. The van der Waals surface area contributed by atoms with Gasteiger partial charge in [-0.2, -0.15) is 0 Å². The van der Waals surface area contributed by atoms with Crippen LogP contribution in [0.4, 0.5) is 0 Å². The first-order chi connectivity index (χ1) is 10.2. The smallest absolute Gasteiger partial charge is 0.358 e. The second-order valence-electron chi connectivity index (χ2n) is 5.32. The number of aryl methyl sites for hydroxylation is 1. The van der Waals surface area contributed by atoms with Crippen molar-refractivity contribution in [3.05, 3.63) is 30.1 Å². The van der Waals surface area contributed by atoms with Crippen LogP contribution in [0.15, 0.2) is 18.7 Å². The van der Waals surface area contributed by atoms with Crippen LogP contribution in [0, 0.1) is 0 Å². The summed E-state index contributed by atoms with van der Waals surface area (Å²) < 4.78 is 3.81. The van der Waals surface area contributed by atoms with Crippen LogP contribution < -0.4 is 0 Å². The van der Waals surface area contributed by atoms with Gasteiger partial charge in [0.25, 0.3) is 0 Å². The average Bonchev–Trinajstić information content (AvgIpc) is 3.03. The molecule has 1 saturated heterocycles. The third-order valence-corrected chi connectivity index (χ3v) is 3.69. The van der Waals surface area contributed by atoms with Gasteiger partial charge in [-0.1, -0.05) is 12.1 Å². The van der Waals surface area contributed by atoms with Gasteiger partial charge in [-0.05, 0) is 6.42 Å². The number of aromatic nitrogens is 5. The highest BCUT2D eigenvalue weighted by Gasteiger charge is 2.30. The Morgan fingerprint density at radius 2 is 2.29 bits per heavy atom. The zero-order valence-electron chi connectivity index (χ0n) is 11.9. The van der Waals surface area contributed by atoms with E-state index in [2.05, 4.69) is 31.7 Å². The van der Waals surface area contributed by atoms with E-state index in [9.17, 15) is 4.79 Å². The van der Waals surface area contributed by atoms with Crippen LogP contribution in [0.3, 0.4) is 0 Å². The maximum Gasteiger partial charge on any atom is 0.358 e. The minimum absolute atomic E-state index is 0.00512. The van der Waals surface area contributed by atoms with Gasteiger partial charge in [0, 0.05) is 32.4 Å². The highest BCUT2D eigenvalue weighted by molar-refractivity contribution is 5.84. The van der Waals surface area contributed by atoms with Crippen molar-refractivity contribution in [3.8, 4) is 0 Å². The van der Waals surface area contributed by atoms with Crippen molar-refractivity contribution in [1.82, 2.24) is 29.4 Å². The van der Waals surface area contributed by atoms with Gasteiger partial charge in [0.05, 0.1) is 24.3 Å². The van der Waals surface area contributed by atoms with E-state index < -0.39 is 5.97 Å². The first-order valence-corrected chi connectivity index (χ1v) is 7.04. The van der Waals surface area contributed by atoms with Gasteiger partial charge in [0.2, 0.25) is 0 Å². The van der Waals surface area contributed by atoms with Gasteiger partial charge >= 0.3 is 5.97 Å². The average molecular weight is 290 g/mol. The van der Waals surface area contributed by atoms with Crippen LogP contribution in [-0.2, 0) is 13.1 Å². The molecule has 0 radical (unpaired) electrons. The highest BCUT2D eigenvalue weighted by atomic mass is 16.4. The Labute approximate surface area is 122 Å².